The number of hydrogen-bond acceptors (Lipinski definition) is 5. The second-order valence-corrected chi connectivity index (χ2v) is 7.05. The summed E-state index contributed by atoms with van der Waals surface area (Å²) in [6.45, 7) is 3.87. The zero-order chi connectivity index (χ0) is 19.2. The Balaban J connectivity index is 1.54. The molecule has 0 aliphatic rings. The molecule has 2 aromatic carbocycles. The number of urea groups is 1. The lowest BCUT2D eigenvalue weighted by atomic mass is 10.2. The van der Waals surface area contributed by atoms with Crippen LogP contribution in [-0.4, -0.2) is 22.1 Å². The van der Waals surface area contributed by atoms with Gasteiger partial charge in [-0.25, -0.2) is 4.79 Å². The summed E-state index contributed by atoms with van der Waals surface area (Å²) >= 11 is 1.16. The average molecular weight is 381 g/mol. The second kappa shape index (κ2) is 8.41. The Bertz CT molecular complexity index is 970. The smallest absolute Gasteiger partial charge is 0.325 e. The van der Waals surface area contributed by atoms with Crippen LogP contribution in [0.2, 0.25) is 0 Å². The zero-order valence-electron chi connectivity index (χ0n) is 14.9. The number of aryl methyl sites for hydroxylation is 2. The van der Waals surface area contributed by atoms with Gasteiger partial charge in [-0.1, -0.05) is 41.7 Å². The van der Waals surface area contributed by atoms with Crippen molar-refractivity contribution in [3.05, 3.63) is 64.7 Å². The highest BCUT2D eigenvalue weighted by Crippen LogP contribution is 2.18. The van der Waals surface area contributed by atoms with E-state index in [9.17, 15) is 9.59 Å². The van der Waals surface area contributed by atoms with E-state index in [4.69, 9.17) is 0 Å². The first-order valence-corrected chi connectivity index (χ1v) is 9.14. The van der Waals surface area contributed by atoms with Crippen molar-refractivity contribution in [1.82, 2.24) is 10.2 Å². The van der Waals surface area contributed by atoms with E-state index in [2.05, 4.69) is 26.1 Å². The van der Waals surface area contributed by atoms with Crippen LogP contribution in [0.1, 0.15) is 16.1 Å². The van der Waals surface area contributed by atoms with E-state index >= 15 is 0 Å². The van der Waals surface area contributed by atoms with E-state index in [0.717, 1.165) is 33.8 Å². The number of carbonyl (C=O) groups excluding carboxylic acids is 2. The predicted molar refractivity (Wildman–Crippen MR) is 107 cm³/mol. The van der Waals surface area contributed by atoms with E-state index in [1.165, 1.54) is 0 Å². The van der Waals surface area contributed by atoms with Crippen molar-refractivity contribution < 1.29 is 9.59 Å². The molecule has 0 saturated heterocycles. The van der Waals surface area contributed by atoms with Crippen molar-refractivity contribution in [2.45, 2.75) is 20.3 Å². The third-order valence-electron chi connectivity index (χ3n) is 3.69. The van der Waals surface area contributed by atoms with Crippen molar-refractivity contribution in [2.24, 2.45) is 0 Å². The maximum Gasteiger partial charge on any atom is 0.325 e. The molecule has 138 valence electrons. The van der Waals surface area contributed by atoms with Gasteiger partial charge in [-0.2, -0.15) is 0 Å². The quantitative estimate of drug-likeness (QED) is 0.623. The molecule has 0 atom stereocenters. The van der Waals surface area contributed by atoms with Crippen LogP contribution in [0, 0.1) is 13.8 Å². The normalized spacial score (nSPS) is 10.3. The first-order valence-electron chi connectivity index (χ1n) is 8.32. The van der Waals surface area contributed by atoms with Gasteiger partial charge in [0.05, 0.1) is 6.42 Å². The van der Waals surface area contributed by atoms with Crippen LogP contribution in [0.15, 0.2) is 48.5 Å². The summed E-state index contributed by atoms with van der Waals surface area (Å²) in [5.41, 5.74) is 3.48. The van der Waals surface area contributed by atoms with E-state index in [-0.39, 0.29) is 12.3 Å². The number of aromatic nitrogens is 2. The van der Waals surface area contributed by atoms with Crippen molar-refractivity contribution >= 4 is 39.8 Å². The standard InChI is InChI=1S/C19H19N5O2S/c1-12-6-5-8-14(10-12)20-16(25)11-17-23-24-19(27-17)22-18(26)21-15-9-4-3-7-13(15)2/h3-10H,11H2,1-2H3,(H,20,25)(H2,21,22,24,26). The van der Waals surface area contributed by atoms with Crippen LogP contribution in [0.3, 0.4) is 0 Å². The monoisotopic (exact) mass is 381 g/mol. The number of para-hydroxylation sites is 1. The van der Waals surface area contributed by atoms with Crippen molar-refractivity contribution in [3.63, 3.8) is 0 Å². The molecule has 0 aliphatic carbocycles. The second-order valence-electron chi connectivity index (χ2n) is 5.99. The summed E-state index contributed by atoms with van der Waals surface area (Å²) in [6, 6.07) is 14.6. The molecule has 3 rings (SSSR count). The fourth-order valence-electron chi connectivity index (χ4n) is 2.40. The fourth-order valence-corrected chi connectivity index (χ4v) is 3.14. The Morgan fingerprint density at radius 2 is 1.78 bits per heavy atom. The molecule has 0 saturated carbocycles. The van der Waals surface area contributed by atoms with Gasteiger partial charge in [0.25, 0.3) is 0 Å². The summed E-state index contributed by atoms with van der Waals surface area (Å²) in [5, 5.41) is 16.9. The molecule has 1 aromatic heterocycles. The van der Waals surface area contributed by atoms with Gasteiger partial charge in [-0.05, 0) is 43.2 Å². The number of benzene rings is 2. The number of carbonyl (C=O) groups is 2. The molecule has 3 aromatic rings. The largest absolute Gasteiger partial charge is 0.326 e. The molecule has 0 spiro atoms. The lowest BCUT2D eigenvalue weighted by molar-refractivity contribution is -0.115. The molecule has 8 heteroatoms. The highest BCUT2D eigenvalue weighted by Gasteiger charge is 2.12. The summed E-state index contributed by atoms with van der Waals surface area (Å²) < 4.78 is 0. The highest BCUT2D eigenvalue weighted by molar-refractivity contribution is 7.15. The van der Waals surface area contributed by atoms with Gasteiger partial charge in [-0.15, -0.1) is 10.2 Å². The molecule has 0 radical (unpaired) electrons. The molecule has 1 heterocycles. The first kappa shape index (κ1) is 18.5. The molecule has 0 bridgehead atoms. The molecule has 7 nitrogen and oxygen atoms in total. The Morgan fingerprint density at radius 3 is 2.56 bits per heavy atom. The summed E-state index contributed by atoms with van der Waals surface area (Å²) in [7, 11) is 0. The summed E-state index contributed by atoms with van der Waals surface area (Å²) in [6.07, 6.45) is 0.0900. The lowest BCUT2D eigenvalue weighted by Crippen LogP contribution is -2.19. The molecular formula is C19H19N5O2S. The number of amides is 3. The van der Waals surface area contributed by atoms with E-state index in [1.54, 1.807) is 0 Å². The topological polar surface area (TPSA) is 96.0 Å². The van der Waals surface area contributed by atoms with Gasteiger partial charge < -0.3 is 10.6 Å². The van der Waals surface area contributed by atoms with E-state index in [0.29, 0.717) is 10.1 Å². The number of rotatable bonds is 5. The predicted octanol–water partition coefficient (Wildman–Crippen LogP) is 3.98. The lowest BCUT2D eigenvalue weighted by Gasteiger charge is -2.07. The molecule has 0 fully saturated rings. The molecule has 0 unspecified atom stereocenters. The average Bonchev–Trinajstić information content (AvgIpc) is 3.03. The summed E-state index contributed by atoms with van der Waals surface area (Å²) in [5.74, 6) is -0.187. The third-order valence-corrected chi connectivity index (χ3v) is 4.53. The number of anilines is 3. The van der Waals surface area contributed by atoms with Gasteiger partial charge in [0.2, 0.25) is 11.0 Å². The van der Waals surface area contributed by atoms with Crippen LogP contribution in [0.4, 0.5) is 21.3 Å². The zero-order valence-corrected chi connectivity index (χ0v) is 15.8. The van der Waals surface area contributed by atoms with Crippen molar-refractivity contribution in [1.29, 1.82) is 0 Å². The van der Waals surface area contributed by atoms with Crippen LogP contribution in [0.5, 0.6) is 0 Å². The van der Waals surface area contributed by atoms with Crippen LogP contribution >= 0.6 is 11.3 Å². The fraction of sp³-hybridized carbons (Fsp3) is 0.158. The first-order chi connectivity index (χ1) is 13.0. The maximum absolute atomic E-state index is 12.1. The minimum absolute atomic E-state index is 0.0900. The molecule has 3 N–H and O–H groups in total. The van der Waals surface area contributed by atoms with Gasteiger partial charge in [0.1, 0.15) is 5.01 Å². The van der Waals surface area contributed by atoms with Gasteiger partial charge in [0.15, 0.2) is 0 Å². The van der Waals surface area contributed by atoms with Crippen LogP contribution < -0.4 is 16.0 Å². The Kier molecular flexibility index (Phi) is 5.77. The molecular weight excluding hydrogens is 362 g/mol. The maximum atomic E-state index is 12.1. The Labute approximate surface area is 160 Å². The van der Waals surface area contributed by atoms with Crippen molar-refractivity contribution in [2.75, 3.05) is 16.0 Å². The Morgan fingerprint density at radius 1 is 0.963 bits per heavy atom. The summed E-state index contributed by atoms with van der Waals surface area (Å²) in [4.78, 5) is 24.2. The van der Waals surface area contributed by atoms with Crippen molar-refractivity contribution in [3.8, 4) is 0 Å². The van der Waals surface area contributed by atoms with E-state index < -0.39 is 6.03 Å². The Hall–Kier alpha value is -3.26. The minimum atomic E-state index is -0.406. The van der Waals surface area contributed by atoms with Crippen LogP contribution in [0.25, 0.3) is 0 Å². The molecule has 0 aliphatic heterocycles. The highest BCUT2D eigenvalue weighted by atomic mass is 32.1. The number of nitrogens with one attached hydrogen (secondary N) is 3. The number of hydrogen-bond donors (Lipinski definition) is 3. The SMILES string of the molecule is Cc1cccc(NC(=O)Cc2nnc(NC(=O)Nc3ccccc3C)s2)c1. The minimum Gasteiger partial charge on any atom is -0.326 e. The van der Waals surface area contributed by atoms with Gasteiger partial charge >= 0.3 is 6.03 Å². The van der Waals surface area contributed by atoms with Gasteiger partial charge in [0, 0.05) is 11.4 Å². The molecule has 27 heavy (non-hydrogen) atoms. The van der Waals surface area contributed by atoms with E-state index in [1.807, 2.05) is 62.4 Å². The third kappa shape index (κ3) is 5.35. The number of nitrogens with zero attached hydrogens (tertiary/aromatic N) is 2. The molecule has 3 amide bonds. The van der Waals surface area contributed by atoms with Gasteiger partial charge in [-0.3, -0.25) is 10.1 Å². The van der Waals surface area contributed by atoms with Crippen LogP contribution in [-0.2, 0) is 11.2 Å².